The first-order valence-electron chi connectivity index (χ1n) is 6.30. The highest BCUT2D eigenvalue weighted by Crippen LogP contribution is 2.31. The van der Waals surface area contributed by atoms with E-state index >= 15 is 0 Å². The molecule has 0 fully saturated rings. The lowest BCUT2D eigenvalue weighted by Crippen LogP contribution is -2.44. The Morgan fingerprint density at radius 2 is 1.68 bits per heavy atom. The third-order valence-electron chi connectivity index (χ3n) is 3.19. The van der Waals surface area contributed by atoms with E-state index in [1.807, 2.05) is 0 Å². The highest BCUT2D eigenvalue weighted by Gasteiger charge is 2.44. The number of carbonyl (C=O) groups is 2. The van der Waals surface area contributed by atoms with E-state index in [2.05, 4.69) is 0 Å². The van der Waals surface area contributed by atoms with Crippen LogP contribution in [0.1, 0.15) is 5.56 Å². The molecular weight excluding hydrogens is 299 g/mol. The second-order valence-electron chi connectivity index (χ2n) is 4.73. The van der Waals surface area contributed by atoms with Crippen LogP contribution in [0.4, 0.5) is 18.9 Å². The molecule has 0 aliphatic heterocycles. The Labute approximate surface area is 123 Å². The van der Waals surface area contributed by atoms with Crippen LogP contribution in [0.5, 0.6) is 0 Å². The maximum absolute atomic E-state index is 12.7. The van der Waals surface area contributed by atoms with Crippen LogP contribution in [0.25, 0.3) is 10.8 Å². The van der Waals surface area contributed by atoms with Crippen molar-refractivity contribution in [1.82, 2.24) is 0 Å². The molecule has 2 rings (SSSR count). The van der Waals surface area contributed by atoms with Gasteiger partial charge in [-0.2, -0.15) is 13.2 Å². The molecule has 1 N–H and O–H groups in total. The molecule has 22 heavy (non-hydrogen) atoms. The number of nitrogens with zero attached hydrogens (tertiary/aromatic N) is 1. The molecule has 0 aliphatic carbocycles. The van der Waals surface area contributed by atoms with Crippen LogP contribution in [0.15, 0.2) is 36.4 Å². The van der Waals surface area contributed by atoms with Gasteiger partial charge in [0.05, 0.1) is 5.69 Å². The van der Waals surface area contributed by atoms with E-state index in [0.717, 1.165) is 5.56 Å². The van der Waals surface area contributed by atoms with Crippen LogP contribution in [0.2, 0.25) is 0 Å². The number of benzene rings is 2. The number of rotatable bonds is 3. The summed E-state index contributed by atoms with van der Waals surface area (Å²) in [5.41, 5.74) is 0.736. The van der Waals surface area contributed by atoms with Gasteiger partial charge in [0.1, 0.15) is 6.54 Å². The normalized spacial score (nSPS) is 11.5. The highest BCUT2D eigenvalue weighted by molar-refractivity contribution is 6.08. The summed E-state index contributed by atoms with van der Waals surface area (Å²) in [6.45, 7) is 0.713. The van der Waals surface area contributed by atoms with Gasteiger partial charge in [0.25, 0.3) is 0 Å². The second-order valence-corrected chi connectivity index (χ2v) is 4.73. The summed E-state index contributed by atoms with van der Waals surface area (Å²) < 4.78 is 38.2. The molecule has 0 bridgehead atoms. The van der Waals surface area contributed by atoms with Crippen LogP contribution >= 0.6 is 0 Å². The van der Waals surface area contributed by atoms with Gasteiger partial charge in [-0.05, 0) is 23.9 Å². The molecule has 116 valence electrons. The Hall–Kier alpha value is -2.57. The minimum absolute atomic E-state index is 0.0778. The topological polar surface area (TPSA) is 57.6 Å². The Kier molecular flexibility index (Phi) is 4.07. The van der Waals surface area contributed by atoms with Crippen molar-refractivity contribution in [2.24, 2.45) is 0 Å². The number of aryl methyl sites for hydroxylation is 1. The number of carboxylic acid groups (broad SMARTS) is 1. The Bertz CT molecular complexity index is 740. The zero-order chi connectivity index (χ0) is 16.5. The summed E-state index contributed by atoms with van der Waals surface area (Å²) in [5, 5.41) is 9.87. The number of aliphatic carboxylic acids is 1. The van der Waals surface area contributed by atoms with Gasteiger partial charge in [-0.15, -0.1) is 0 Å². The van der Waals surface area contributed by atoms with Crippen LogP contribution < -0.4 is 4.90 Å². The predicted octanol–water partition coefficient (Wildman–Crippen LogP) is 3.13. The molecular formula is C15H12F3NO3. The third kappa shape index (κ3) is 3.03. The molecule has 0 saturated heterocycles. The van der Waals surface area contributed by atoms with E-state index in [1.165, 1.54) is 6.07 Å². The fourth-order valence-corrected chi connectivity index (χ4v) is 2.22. The molecule has 2 aromatic rings. The number of fused-ring (bicyclic) bond motifs is 1. The van der Waals surface area contributed by atoms with E-state index < -0.39 is 24.6 Å². The van der Waals surface area contributed by atoms with Crippen LogP contribution in [0, 0.1) is 6.92 Å². The van der Waals surface area contributed by atoms with Gasteiger partial charge in [0.2, 0.25) is 0 Å². The highest BCUT2D eigenvalue weighted by atomic mass is 19.4. The van der Waals surface area contributed by atoms with Crippen molar-refractivity contribution in [2.75, 3.05) is 11.4 Å². The molecule has 0 spiro atoms. The summed E-state index contributed by atoms with van der Waals surface area (Å²) >= 11 is 0. The molecule has 1 amide bonds. The third-order valence-corrected chi connectivity index (χ3v) is 3.19. The van der Waals surface area contributed by atoms with Gasteiger partial charge in [-0.25, -0.2) is 0 Å². The van der Waals surface area contributed by atoms with Crippen LogP contribution in [-0.4, -0.2) is 29.7 Å². The van der Waals surface area contributed by atoms with Crippen molar-refractivity contribution in [1.29, 1.82) is 0 Å². The summed E-state index contributed by atoms with van der Waals surface area (Å²) in [6, 6.07) is 9.45. The first-order chi connectivity index (χ1) is 10.2. The van der Waals surface area contributed by atoms with Crippen LogP contribution in [0.3, 0.4) is 0 Å². The molecule has 0 atom stereocenters. The fraction of sp³-hybridized carbons (Fsp3) is 0.200. The number of alkyl halides is 3. The van der Waals surface area contributed by atoms with Crippen molar-refractivity contribution in [2.45, 2.75) is 13.1 Å². The Balaban J connectivity index is 2.65. The SMILES string of the molecule is Cc1ccc(N(CC(=O)O)C(=O)C(F)(F)F)c2ccccc12. The molecule has 0 aromatic heterocycles. The van der Waals surface area contributed by atoms with Crippen LogP contribution in [-0.2, 0) is 9.59 Å². The van der Waals surface area contributed by atoms with Crippen molar-refractivity contribution < 1.29 is 27.9 Å². The van der Waals surface area contributed by atoms with Gasteiger partial charge in [-0.3, -0.25) is 14.5 Å². The quantitative estimate of drug-likeness (QED) is 0.947. The molecule has 7 heteroatoms. The summed E-state index contributed by atoms with van der Waals surface area (Å²) in [7, 11) is 0. The van der Waals surface area contributed by atoms with E-state index in [0.29, 0.717) is 10.8 Å². The lowest BCUT2D eigenvalue weighted by molar-refractivity contribution is -0.170. The van der Waals surface area contributed by atoms with Gasteiger partial charge < -0.3 is 5.11 Å². The minimum Gasteiger partial charge on any atom is -0.480 e. The van der Waals surface area contributed by atoms with Crippen molar-refractivity contribution >= 4 is 28.3 Å². The monoisotopic (exact) mass is 311 g/mol. The van der Waals surface area contributed by atoms with E-state index in [9.17, 15) is 22.8 Å². The maximum atomic E-state index is 12.7. The van der Waals surface area contributed by atoms with Crippen molar-refractivity contribution in [3.05, 3.63) is 42.0 Å². The average molecular weight is 311 g/mol. The summed E-state index contributed by atoms with van der Waals surface area (Å²) in [6.07, 6.45) is -5.15. The number of hydrogen-bond acceptors (Lipinski definition) is 2. The molecule has 4 nitrogen and oxygen atoms in total. The predicted molar refractivity (Wildman–Crippen MR) is 74.7 cm³/mol. The smallest absolute Gasteiger partial charge is 0.471 e. The lowest BCUT2D eigenvalue weighted by atomic mass is 10.0. The number of carbonyl (C=O) groups excluding carboxylic acids is 1. The van der Waals surface area contributed by atoms with Crippen molar-refractivity contribution in [3.63, 3.8) is 0 Å². The van der Waals surface area contributed by atoms with E-state index in [-0.39, 0.29) is 10.6 Å². The van der Waals surface area contributed by atoms with Gasteiger partial charge in [-0.1, -0.05) is 30.3 Å². The first-order valence-corrected chi connectivity index (χ1v) is 6.30. The zero-order valence-corrected chi connectivity index (χ0v) is 11.5. The standard InChI is InChI=1S/C15H12F3NO3/c1-9-6-7-12(11-5-3-2-4-10(9)11)19(8-13(20)21)14(22)15(16,17)18/h2-7H,8H2,1H3,(H,20,21). The van der Waals surface area contributed by atoms with Gasteiger partial charge >= 0.3 is 18.1 Å². The Morgan fingerprint density at radius 3 is 2.23 bits per heavy atom. The molecule has 0 radical (unpaired) electrons. The number of anilines is 1. The first kappa shape index (κ1) is 15.8. The summed E-state index contributed by atoms with van der Waals surface area (Å²) in [4.78, 5) is 22.7. The number of halogens is 3. The zero-order valence-electron chi connectivity index (χ0n) is 11.5. The number of carboxylic acids is 1. The number of hydrogen-bond donors (Lipinski definition) is 1. The molecule has 0 aliphatic rings. The summed E-state index contributed by atoms with van der Waals surface area (Å²) in [5.74, 6) is -3.73. The fourth-order valence-electron chi connectivity index (χ4n) is 2.22. The molecule has 0 heterocycles. The van der Waals surface area contributed by atoms with E-state index in [1.54, 1.807) is 37.3 Å². The van der Waals surface area contributed by atoms with E-state index in [4.69, 9.17) is 5.11 Å². The number of amides is 1. The van der Waals surface area contributed by atoms with Gasteiger partial charge in [0.15, 0.2) is 0 Å². The molecule has 2 aromatic carbocycles. The molecule has 0 unspecified atom stereocenters. The minimum atomic E-state index is -5.15. The maximum Gasteiger partial charge on any atom is 0.471 e. The van der Waals surface area contributed by atoms with Gasteiger partial charge in [0, 0.05) is 5.39 Å². The largest absolute Gasteiger partial charge is 0.480 e. The molecule has 0 saturated carbocycles. The lowest BCUT2D eigenvalue weighted by Gasteiger charge is -2.24. The second kappa shape index (κ2) is 5.67. The average Bonchev–Trinajstić information content (AvgIpc) is 2.44. The Morgan fingerprint density at radius 1 is 1.09 bits per heavy atom. The van der Waals surface area contributed by atoms with Crippen molar-refractivity contribution in [3.8, 4) is 0 Å².